The highest BCUT2D eigenvalue weighted by Crippen LogP contribution is 2.37. The van der Waals surface area contributed by atoms with Gasteiger partial charge in [0.1, 0.15) is 35.7 Å². The number of aromatic nitrogens is 2. The summed E-state index contributed by atoms with van der Waals surface area (Å²) >= 11 is 0. The molecule has 56 heavy (non-hydrogen) atoms. The molecule has 7 rings (SSSR count). The van der Waals surface area contributed by atoms with Crippen molar-refractivity contribution in [3.63, 3.8) is 0 Å². The maximum atomic E-state index is 15.9. The van der Waals surface area contributed by atoms with Gasteiger partial charge >= 0.3 is 0 Å². The van der Waals surface area contributed by atoms with Gasteiger partial charge in [-0.15, -0.1) is 0 Å². The highest BCUT2D eigenvalue weighted by molar-refractivity contribution is 6.04. The van der Waals surface area contributed by atoms with Crippen LogP contribution in [-0.4, -0.2) is 68.3 Å². The predicted octanol–water partition coefficient (Wildman–Crippen LogP) is 6.48. The zero-order chi connectivity index (χ0) is 39.2. The monoisotopic (exact) mass is 763 g/mol. The average molecular weight is 764 g/mol. The van der Waals surface area contributed by atoms with E-state index < -0.39 is 28.4 Å². The van der Waals surface area contributed by atoms with Crippen LogP contribution in [0.3, 0.4) is 0 Å². The number of nitrogens with one attached hydrogen (secondary N) is 1. The number of halogens is 2. The summed E-state index contributed by atoms with van der Waals surface area (Å²) in [5.74, 6) is -0.890. The van der Waals surface area contributed by atoms with Gasteiger partial charge in [-0.25, -0.2) is 13.8 Å². The molecule has 0 aliphatic carbocycles. The number of nitrogen functional groups attached to an aromatic ring is 1. The number of carbonyl (C=O) groups is 1. The summed E-state index contributed by atoms with van der Waals surface area (Å²) in [5, 5.41) is 12.7. The smallest absolute Gasteiger partial charge is 0.261 e. The second-order valence-corrected chi connectivity index (χ2v) is 13.6. The van der Waals surface area contributed by atoms with Crippen molar-refractivity contribution in [3.05, 3.63) is 113 Å². The molecule has 288 valence electrons. The van der Waals surface area contributed by atoms with Gasteiger partial charge in [0.25, 0.3) is 5.91 Å². The molecule has 2 aliphatic rings. The summed E-state index contributed by atoms with van der Waals surface area (Å²) in [6.45, 7) is 2.80. The number of methoxy groups -OCH3 is 1. The van der Waals surface area contributed by atoms with Gasteiger partial charge in [-0.3, -0.25) is 9.59 Å². The number of carbonyl (C=O) groups excluding carboxylic acids is 1. The van der Waals surface area contributed by atoms with Crippen LogP contribution in [0.2, 0.25) is 0 Å². The van der Waals surface area contributed by atoms with Gasteiger partial charge in [0.05, 0.1) is 38.4 Å². The lowest BCUT2D eigenvalue weighted by Crippen LogP contribution is -2.33. The molecule has 1 atom stereocenters. The molecule has 0 radical (unpaired) electrons. The number of nitrogens with two attached hydrogens (primary N) is 1. The molecular formula is C42H39F2N5O7. The maximum Gasteiger partial charge on any atom is 0.261 e. The van der Waals surface area contributed by atoms with Crippen molar-refractivity contribution in [2.75, 3.05) is 57.8 Å². The lowest BCUT2D eigenvalue weighted by Gasteiger charge is -2.31. The van der Waals surface area contributed by atoms with Crippen LogP contribution >= 0.6 is 0 Å². The van der Waals surface area contributed by atoms with E-state index in [9.17, 15) is 19.2 Å². The van der Waals surface area contributed by atoms with Crippen LogP contribution in [0, 0.1) is 28.4 Å². The third-order valence-electron chi connectivity index (χ3n) is 9.89. The van der Waals surface area contributed by atoms with Gasteiger partial charge in [-0.05, 0) is 72.5 Å². The topological polar surface area (TPSA) is 160 Å². The molecule has 0 bridgehead atoms. The van der Waals surface area contributed by atoms with Crippen molar-refractivity contribution in [2.45, 2.75) is 25.5 Å². The van der Waals surface area contributed by atoms with Crippen LogP contribution in [0.25, 0.3) is 33.4 Å². The van der Waals surface area contributed by atoms with Crippen molar-refractivity contribution in [3.8, 4) is 50.9 Å². The first kappa shape index (κ1) is 38.1. The lowest BCUT2D eigenvalue weighted by atomic mass is 9.81. The first-order chi connectivity index (χ1) is 27.1. The number of hydrogen-bond acceptors (Lipinski definition) is 10. The van der Waals surface area contributed by atoms with E-state index in [0.29, 0.717) is 80.7 Å². The van der Waals surface area contributed by atoms with Crippen molar-refractivity contribution in [1.29, 1.82) is 5.26 Å². The second-order valence-electron chi connectivity index (χ2n) is 13.6. The number of anilines is 2. The van der Waals surface area contributed by atoms with Gasteiger partial charge < -0.3 is 39.3 Å². The van der Waals surface area contributed by atoms with E-state index in [1.54, 1.807) is 35.2 Å². The van der Waals surface area contributed by atoms with E-state index in [-0.39, 0.29) is 40.8 Å². The van der Waals surface area contributed by atoms with E-state index in [1.165, 1.54) is 49.7 Å². The van der Waals surface area contributed by atoms with E-state index in [2.05, 4.69) is 16.4 Å². The number of amides is 1. The standard InChI is InChI=1S/C42H39F2N5O7/c1-52-38-17-27(4-9-37(38)56-23-31-22-54-14-15-55-31)28-16-33(40(46)47-19-28)32-8-7-30(18-36(32)44)48-41(51)35-21-49(25-42(24-45)10-12-53-13-11-42)20-34(39(35)50)26-2-5-29(43)6-3-26/h2-9,16-21,31H,10-15,22-23,25H2,1H3,(H2,46,47)(H,48,51)/t31-/m1/s1. The van der Waals surface area contributed by atoms with Crippen molar-refractivity contribution >= 4 is 17.4 Å². The van der Waals surface area contributed by atoms with Gasteiger partial charge in [0.15, 0.2) is 11.5 Å². The molecule has 2 aromatic heterocycles. The molecule has 5 aromatic rings. The molecule has 0 saturated carbocycles. The minimum atomic E-state index is -0.790. The number of benzene rings is 3. The minimum absolute atomic E-state index is 0.0838. The summed E-state index contributed by atoms with van der Waals surface area (Å²) < 4.78 is 59.4. The van der Waals surface area contributed by atoms with Gasteiger partial charge in [-0.1, -0.05) is 18.2 Å². The number of pyridine rings is 2. The summed E-state index contributed by atoms with van der Waals surface area (Å²) in [4.78, 5) is 31.8. The first-order valence-electron chi connectivity index (χ1n) is 18.0. The lowest BCUT2D eigenvalue weighted by molar-refractivity contribution is -0.101. The third kappa shape index (κ3) is 8.40. The molecule has 2 aliphatic heterocycles. The fraction of sp³-hybridized carbons (Fsp3) is 0.286. The Morgan fingerprint density at radius 2 is 1.73 bits per heavy atom. The zero-order valence-corrected chi connectivity index (χ0v) is 30.6. The number of hydrogen-bond donors (Lipinski definition) is 2. The molecule has 2 saturated heterocycles. The molecule has 1 amide bonds. The number of ether oxygens (including phenoxy) is 5. The van der Waals surface area contributed by atoms with E-state index in [4.69, 9.17) is 29.4 Å². The Kier molecular flexibility index (Phi) is 11.4. The summed E-state index contributed by atoms with van der Waals surface area (Å²) in [7, 11) is 1.53. The SMILES string of the molecule is COc1cc(-c2cnc(N)c(-c3ccc(NC(=O)c4cn(CC5(C#N)CCOCC5)cc(-c5ccc(F)cc5)c4=O)cc3F)c2)ccc1OC[C@H]1COCCO1. The van der Waals surface area contributed by atoms with Crippen LogP contribution in [0.15, 0.2) is 90.1 Å². The second kappa shape index (κ2) is 16.7. The molecule has 0 spiro atoms. The zero-order valence-electron chi connectivity index (χ0n) is 30.6. The highest BCUT2D eigenvalue weighted by atomic mass is 19.1. The minimum Gasteiger partial charge on any atom is -0.493 e. The van der Waals surface area contributed by atoms with Crippen LogP contribution < -0.4 is 26.0 Å². The molecule has 3 aromatic carbocycles. The Morgan fingerprint density at radius 3 is 2.45 bits per heavy atom. The normalized spacial score (nSPS) is 16.4. The molecule has 12 nitrogen and oxygen atoms in total. The maximum absolute atomic E-state index is 15.9. The summed E-state index contributed by atoms with van der Waals surface area (Å²) in [6, 6.07) is 18.9. The van der Waals surface area contributed by atoms with Gasteiger partial charge in [0, 0.05) is 66.3 Å². The molecule has 0 unspecified atom stereocenters. The molecule has 4 heterocycles. The molecule has 14 heteroatoms. The average Bonchev–Trinajstić information content (AvgIpc) is 3.22. The first-order valence-corrected chi connectivity index (χ1v) is 18.0. The Bertz CT molecular complexity index is 2330. The van der Waals surface area contributed by atoms with Crippen LogP contribution in [-0.2, 0) is 20.8 Å². The summed E-state index contributed by atoms with van der Waals surface area (Å²) in [5.41, 5.74) is 7.05. The van der Waals surface area contributed by atoms with Crippen molar-refractivity contribution < 1.29 is 37.3 Å². The third-order valence-corrected chi connectivity index (χ3v) is 9.89. The molecule has 3 N–H and O–H groups in total. The largest absolute Gasteiger partial charge is 0.493 e. The van der Waals surface area contributed by atoms with Crippen molar-refractivity contribution in [1.82, 2.24) is 9.55 Å². The summed E-state index contributed by atoms with van der Waals surface area (Å²) in [6.07, 6.45) is 5.27. The van der Waals surface area contributed by atoms with Gasteiger partial charge in [-0.2, -0.15) is 5.26 Å². The van der Waals surface area contributed by atoms with Crippen LogP contribution in [0.5, 0.6) is 11.5 Å². The quantitative estimate of drug-likeness (QED) is 0.153. The fourth-order valence-electron chi connectivity index (χ4n) is 6.78. The Hall–Kier alpha value is -6.14. The number of nitriles is 1. The van der Waals surface area contributed by atoms with Crippen molar-refractivity contribution in [2.24, 2.45) is 5.41 Å². The van der Waals surface area contributed by atoms with Crippen LogP contribution in [0.4, 0.5) is 20.3 Å². The Morgan fingerprint density at radius 1 is 0.946 bits per heavy atom. The predicted molar refractivity (Wildman–Crippen MR) is 204 cm³/mol. The Labute approximate surface area is 321 Å². The number of nitrogens with zero attached hydrogens (tertiary/aromatic N) is 3. The fourth-order valence-corrected chi connectivity index (χ4v) is 6.78. The van der Waals surface area contributed by atoms with Gasteiger partial charge in [0.2, 0.25) is 5.43 Å². The Balaban J connectivity index is 1.13. The number of rotatable bonds is 11. The van der Waals surface area contributed by atoms with E-state index >= 15 is 4.39 Å². The van der Waals surface area contributed by atoms with E-state index in [1.807, 2.05) is 6.07 Å². The molecule has 2 fully saturated rings. The van der Waals surface area contributed by atoms with E-state index in [0.717, 1.165) is 11.6 Å². The molecular weight excluding hydrogens is 724 g/mol. The highest BCUT2D eigenvalue weighted by Gasteiger charge is 2.33. The van der Waals surface area contributed by atoms with Crippen LogP contribution in [0.1, 0.15) is 23.2 Å².